The summed E-state index contributed by atoms with van der Waals surface area (Å²) >= 11 is 1.34. The maximum Gasteiger partial charge on any atom is 0.294 e. The maximum atomic E-state index is 12.8. The Morgan fingerprint density at radius 1 is 1.46 bits per heavy atom. The Morgan fingerprint density at radius 2 is 2.27 bits per heavy atom. The number of aromatic nitrogens is 1. The van der Waals surface area contributed by atoms with Gasteiger partial charge in [0, 0.05) is 23.8 Å². The minimum Gasteiger partial charge on any atom is -0.325 e. The number of hydrogen-bond donors (Lipinski definition) is 2. The van der Waals surface area contributed by atoms with E-state index in [0.717, 1.165) is 9.87 Å². The monoisotopic (exact) mass is 389 g/mol. The number of hydrogen-bond acceptors (Lipinski definition) is 5. The highest BCUT2D eigenvalue weighted by molar-refractivity contribution is 7.87. The van der Waals surface area contributed by atoms with E-state index in [0.29, 0.717) is 10.7 Å². The quantitative estimate of drug-likeness (QED) is 0.771. The molecule has 1 aromatic heterocycles. The average molecular weight is 389 g/mol. The van der Waals surface area contributed by atoms with Crippen molar-refractivity contribution in [3.05, 3.63) is 57.8 Å². The van der Waals surface area contributed by atoms with Crippen LogP contribution in [-0.4, -0.2) is 36.3 Å². The lowest BCUT2D eigenvalue weighted by Crippen LogP contribution is -2.44. The van der Waals surface area contributed by atoms with Crippen molar-refractivity contribution < 1.29 is 13.2 Å². The topological polar surface area (TPSA) is 95.8 Å². The number of carbonyl (C=O) groups excluding carboxylic acids is 1. The van der Waals surface area contributed by atoms with Gasteiger partial charge in [0.25, 0.3) is 16.4 Å². The van der Waals surface area contributed by atoms with Gasteiger partial charge in [0.05, 0.1) is 18.4 Å². The average Bonchev–Trinajstić information content (AvgIpc) is 3.34. The molecule has 2 N–H and O–H groups in total. The fourth-order valence-electron chi connectivity index (χ4n) is 3.51. The highest BCUT2D eigenvalue weighted by Gasteiger charge is 2.60. The molecule has 0 aliphatic carbocycles. The van der Waals surface area contributed by atoms with Crippen molar-refractivity contribution in [3.63, 3.8) is 0 Å². The van der Waals surface area contributed by atoms with E-state index >= 15 is 0 Å². The van der Waals surface area contributed by atoms with Gasteiger partial charge in [-0.1, -0.05) is 18.2 Å². The molecule has 26 heavy (non-hydrogen) atoms. The maximum absolute atomic E-state index is 12.8. The number of carbonyl (C=O) groups is 1. The number of fused-ring (bicyclic) bond motifs is 2. The number of nitrogens with one attached hydrogen (secondary N) is 2. The van der Waals surface area contributed by atoms with Crippen molar-refractivity contribution in [3.8, 4) is 0 Å². The van der Waals surface area contributed by atoms with E-state index < -0.39 is 21.8 Å². The van der Waals surface area contributed by atoms with Crippen molar-refractivity contribution >= 4 is 33.1 Å². The summed E-state index contributed by atoms with van der Waals surface area (Å²) in [5.41, 5.74) is 0.398. The lowest BCUT2D eigenvalue weighted by Gasteiger charge is -2.21. The normalized spacial score (nSPS) is 25.2. The van der Waals surface area contributed by atoms with Crippen LogP contribution in [0.25, 0.3) is 4.85 Å². The summed E-state index contributed by atoms with van der Waals surface area (Å²) in [4.78, 5) is 20.2. The SMILES string of the molecule is [C-]#[N+][C@@H]1C[C@@]2(CN1S(=O)(=O)NCc1nccs1)C(=O)Nc1ccccc12. The Morgan fingerprint density at radius 3 is 3.00 bits per heavy atom. The molecular weight excluding hydrogens is 374 g/mol. The third-order valence-electron chi connectivity index (χ3n) is 4.76. The number of benzene rings is 1. The molecule has 10 heteroatoms. The second kappa shape index (κ2) is 6.14. The lowest BCUT2D eigenvalue weighted by molar-refractivity contribution is -0.120. The van der Waals surface area contributed by atoms with Crippen LogP contribution in [0.3, 0.4) is 0 Å². The van der Waals surface area contributed by atoms with Gasteiger partial charge in [-0.15, -0.1) is 15.6 Å². The summed E-state index contributed by atoms with van der Waals surface area (Å²) in [6, 6.07) is 7.22. The van der Waals surface area contributed by atoms with Crippen LogP contribution in [0.2, 0.25) is 0 Å². The van der Waals surface area contributed by atoms with Crippen LogP contribution in [0.4, 0.5) is 5.69 Å². The second-order valence-corrected chi connectivity index (χ2v) is 8.88. The first kappa shape index (κ1) is 17.1. The van der Waals surface area contributed by atoms with Gasteiger partial charge in [0.15, 0.2) is 0 Å². The fraction of sp³-hybridized carbons (Fsp3) is 0.312. The smallest absolute Gasteiger partial charge is 0.294 e. The second-order valence-electron chi connectivity index (χ2n) is 6.19. The molecule has 1 fully saturated rings. The molecule has 1 saturated heterocycles. The van der Waals surface area contributed by atoms with Crippen LogP contribution in [0, 0.1) is 6.57 Å². The molecular formula is C16H15N5O3S2. The van der Waals surface area contributed by atoms with E-state index in [9.17, 15) is 13.2 Å². The predicted octanol–water partition coefficient (Wildman–Crippen LogP) is 1.32. The molecule has 0 unspecified atom stereocenters. The van der Waals surface area contributed by atoms with Crippen LogP contribution in [0.15, 0.2) is 35.8 Å². The van der Waals surface area contributed by atoms with Gasteiger partial charge in [0.1, 0.15) is 5.01 Å². The van der Waals surface area contributed by atoms with Gasteiger partial charge in [-0.05, 0) is 11.6 Å². The van der Waals surface area contributed by atoms with Crippen molar-refractivity contribution in [1.29, 1.82) is 0 Å². The number of anilines is 1. The molecule has 1 amide bonds. The van der Waals surface area contributed by atoms with Gasteiger partial charge in [-0.3, -0.25) is 9.64 Å². The summed E-state index contributed by atoms with van der Waals surface area (Å²) in [5.74, 6) is -0.259. The summed E-state index contributed by atoms with van der Waals surface area (Å²) < 4.78 is 29.1. The first-order valence-electron chi connectivity index (χ1n) is 7.89. The van der Waals surface area contributed by atoms with E-state index in [1.54, 1.807) is 17.6 Å². The largest absolute Gasteiger partial charge is 0.325 e. The summed E-state index contributed by atoms with van der Waals surface area (Å²) in [6.07, 6.45) is 0.805. The van der Waals surface area contributed by atoms with Crippen molar-refractivity contribution in [2.24, 2.45) is 0 Å². The first-order chi connectivity index (χ1) is 12.5. The first-order valence-corrected chi connectivity index (χ1v) is 10.2. The Kier molecular flexibility index (Phi) is 4.04. The summed E-state index contributed by atoms with van der Waals surface area (Å²) in [5, 5.41) is 5.20. The van der Waals surface area contributed by atoms with Gasteiger partial charge in [-0.2, -0.15) is 13.1 Å². The Hall–Kier alpha value is -2.32. The minimum atomic E-state index is -3.93. The highest BCUT2D eigenvalue weighted by Crippen LogP contribution is 2.47. The standard InChI is InChI=1S/C16H15N5O3S2/c1-17-13-8-16(11-4-2-3-5-12(11)20-15(16)22)10-21(13)26(23,24)19-9-14-18-6-7-25-14/h2-7,13,19H,8-10H2,(H,20,22)/t13-,16-/m0/s1. The zero-order valence-electron chi connectivity index (χ0n) is 13.5. The van der Waals surface area contributed by atoms with E-state index in [1.807, 2.05) is 18.2 Å². The number of thiazole rings is 1. The molecule has 8 nitrogen and oxygen atoms in total. The molecule has 1 spiro atoms. The summed E-state index contributed by atoms with van der Waals surface area (Å²) in [6.45, 7) is 7.42. The summed E-state index contributed by atoms with van der Waals surface area (Å²) in [7, 11) is -3.93. The van der Waals surface area contributed by atoms with Crippen LogP contribution >= 0.6 is 11.3 Å². The van der Waals surface area contributed by atoms with E-state index in [-0.39, 0.29) is 25.4 Å². The van der Waals surface area contributed by atoms with Gasteiger partial charge in [-0.25, -0.2) is 11.6 Å². The van der Waals surface area contributed by atoms with Crippen LogP contribution in [-0.2, 0) is 27.0 Å². The molecule has 4 rings (SSSR count). The van der Waals surface area contributed by atoms with Gasteiger partial charge < -0.3 is 5.32 Å². The number of rotatable bonds is 4. The predicted molar refractivity (Wildman–Crippen MR) is 96.3 cm³/mol. The fourth-order valence-corrected chi connectivity index (χ4v) is 5.48. The molecule has 0 saturated carbocycles. The van der Waals surface area contributed by atoms with E-state index in [4.69, 9.17) is 6.57 Å². The van der Waals surface area contributed by atoms with Gasteiger partial charge >= 0.3 is 0 Å². The van der Waals surface area contributed by atoms with Crippen LogP contribution in [0.1, 0.15) is 17.0 Å². The minimum absolute atomic E-state index is 0.0526. The Labute approximate surface area is 154 Å². The number of para-hydroxylation sites is 1. The van der Waals surface area contributed by atoms with E-state index in [1.165, 1.54) is 11.3 Å². The molecule has 3 heterocycles. The lowest BCUT2D eigenvalue weighted by atomic mass is 9.80. The van der Waals surface area contributed by atoms with Crippen molar-refractivity contribution in [2.75, 3.05) is 11.9 Å². The molecule has 0 radical (unpaired) electrons. The third-order valence-corrected chi connectivity index (χ3v) is 7.04. The molecule has 2 aliphatic rings. The van der Waals surface area contributed by atoms with Crippen LogP contribution in [0.5, 0.6) is 0 Å². The molecule has 1 aromatic carbocycles. The zero-order valence-corrected chi connectivity index (χ0v) is 15.2. The molecule has 2 aromatic rings. The molecule has 0 bridgehead atoms. The Bertz CT molecular complexity index is 999. The molecule has 2 atom stereocenters. The van der Waals surface area contributed by atoms with Crippen LogP contribution < -0.4 is 10.0 Å². The zero-order chi connectivity index (χ0) is 18.4. The highest BCUT2D eigenvalue weighted by atomic mass is 32.2. The van der Waals surface area contributed by atoms with Gasteiger partial charge in [0.2, 0.25) is 5.91 Å². The van der Waals surface area contributed by atoms with Crippen molar-refractivity contribution in [1.82, 2.24) is 14.0 Å². The number of amides is 1. The third kappa shape index (κ3) is 2.60. The molecule has 134 valence electrons. The Balaban J connectivity index is 1.64. The van der Waals surface area contributed by atoms with Crippen molar-refractivity contribution in [2.45, 2.75) is 24.5 Å². The van der Waals surface area contributed by atoms with E-state index in [2.05, 4.69) is 19.9 Å². The molecule has 2 aliphatic heterocycles. The number of nitrogens with zero attached hydrogens (tertiary/aromatic N) is 3.